The fourth-order valence-electron chi connectivity index (χ4n) is 0. The summed E-state index contributed by atoms with van der Waals surface area (Å²) in [6.07, 6.45) is 0. The minimum atomic E-state index is -5.12. The summed E-state index contributed by atoms with van der Waals surface area (Å²) in [5.74, 6) is 0. The van der Waals surface area contributed by atoms with Gasteiger partial charge in [-0.3, -0.25) is 0 Å². The van der Waals surface area contributed by atoms with E-state index in [-0.39, 0.29) is 0 Å². The Balaban J connectivity index is 4.06. The van der Waals surface area contributed by atoms with Crippen molar-refractivity contribution in [2.75, 3.05) is 0 Å². The Hall–Kier alpha value is 0.0395. The van der Waals surface area contributed by atoms with Crippen LogP contribution in [0.3, 0.4) is 0 Å². The molecule has 0 atom stereocenters. The van der Waals surface area contributed by atoms with Gasteiger partial charge in [0, 0.05) is 0 Å². The van der Waals surface area contributed by atoms with E-state index in [9.17, 15) is 0 Å². The van der Waals surface area contributed by atoms with Crippen LogP contribution in [0, 0.1) is 0 Å². The van der Waals surface area contributed by atoms with Crippen LogP contribution >= 0.6 is 0 Å². The molecule has 0 unspecified atom stereocenters. The van der Waals surface area contributed by atoms with E-state index in [1.807, 2.05) is 0 Å². The Morgan fingerprint density at radius 3 is 1.20 bits per heavy atom. The van der Waals surface area contributed by atoms with Crippen LogP contribution in [0.2, 0.25) is 0 Å². The summed E-state index contributed by atoms with van der Waals surface area (Å²) in [5, 5.41) is 0. The van der Waals surface area contributed by atoms with Crippen molar-refractivity contribution in [3.8, 4) is 0 Å². The summed E-state index contributed by atoms with van der Waals surface area (Å²) < 4.78 is 31.8. The molecule has 0 aromatic carbocycles. The SMILES string of the molecule is [O]=[Mn](=[O])([OH])[OH]. The molecule has 0 saturated carbocycles. The Labute approximate surface area is 30.3 Å². The van der Waals surface area contributed by atoms with Crippen molar-refractivity contribution in [1.82, 2.24) is 0 Å². The molecule has 0 saturated heterocycles. The molecule has 0 aromatic rings. The van der Waals surface area contributed by atoms with E-state index in [0.717, 1.165) is 0 Å². The third kappa shape index (κ3) is 10800. The molecular formula is H2MnO4. The molecule has 0 bridgehead atoms. The molecule has 4 nitrogen and oxygen atoms in total. The molecule has 5 heavy (non-hydrogen) atoms. The van der Waals surface area contributed by atoms with Gasteiger partial charge in [0.2, 0.25) is 0 Å². The molecule has 0 aliphatic carbocycles. The van der Waals surface area contributed by atoms with Gasteiger partial charge < -0.3 is 0 Å². The number of hydrogen-bond acceptors (Lipinski definition) is 2. The molecule has 0 spiro atoms. The van der Waals surface area contributed by atoms with Crippen molar-refractivity contribution >= 4 is 0 Å². The average molecular weight is 121 g/mol. The molecule has 0 radical (unpaired) electrons. The number of hydrogen-bond donors (Lipinski definition) is 2. The van der Waals surface area contributed by atoms with Crippen molar-refractivity contribution < 1.29 is 29.4 Å². The number of rotatable bonds is 0. The maximum absolute atomic E-state index is 8.80. The summed E-state index contributed by atoms with van der Waals surface area (Å²) in [6.45, 7) is 0. The first-order valence-corrected chi connectivity index (χ1v) is 2.67. The van der Waals surface area contributed by atoms with Gasteiger partial charge in [-0.25, -0.2) is 0 Å². The van der Waals surface area contributed by atoms with E-state index < -0.39 is 13.4 Å². The first-order chi connectivity index (χ1) is 2.00. The van der Waals surface area contributed by atoms with Gasteiger partial charge in [0.05, 0.1) is 0 Å². The van der Waals surface area contributed by atoms with Crippen LogP contribution < -0.4 is 0 Å². The second-order valence-electron chi connectivity index (χ2n) is 0.415. The Morgan fingerprint density at radius 2 is 1.20 bits per heavy atom. The van der Waals surface area contributed by atoms with Crippen molar-refractivity contribution in [3.63, 3.8) is 0 Å². The van der Waals surface area contributed by atoms with E-state index in [1.54, 1.807) is 0 Å². The topological polar surface area (TPSA) is 74.6 Å². The molecule has 0 amide bonds. The molecule has 0 rings (SSSR count). The zero-order valence-electron chi connectivity index (χ0n) is 2.09. The van der Waals surface area contributed by atoms with Crippen molar-refractivity contribution in [3.05, 3.63) is 0 Å². The average Bonchev–Trinajstić information content (AvgIpc) is 0.722. The fraction of sp³-hybridized carbons (Fsp3) is 0. The van der Waals surface area contributed by atoms with Crippen LogP contribution in [0.1, 0.15) is 0 Å². The standard InChI is InChI=1S/Mn.2H2O.2O/h;2*1H2;;/q+2;;;;/p-2. The third-order valence-electron chi connectivity index (χ3n) is 0. The zero-order chi connectivity index (χ0) is 4.50. The minimum absolute atomic E-state index is 5.12. The molecule has 5 heteroatoms. The van der Waals surface area contributed by atoms with Gasteiger partial charge in [-0.1, -0.05) is 0 Å². The first kappa shape index (κ1) is 5.04. The summed E-state index contributed by atoms with van der Waals surface area (Å²) in [4.78, 5) is 0. The Bertz CT molecular complexity index is 86.8. The zero-order valence-corrected chi connectivity index (χ0v) is 3.27. The molecule has 0 fully saturated rings. The quantitative estimate of drug-likeness (QED) is 0.388. The van der Waals surface area contributed by atoms with Gasteiger partial charge in [0.25, 0.3) is 0 Å². The van der Waals surface area contributed by atoms with Crippen LogP contribution in [-0.4, -0.2) is 8.38 Å². The Kier molecular flexibility index (Phi) is 1.03. The Morgan fingerprint density at radius 1 is 1.20 bits per heavy atom. The van der Waals surface area contributed by atoms with Gasteiger partial charge in [0.15, 0.2) is 0 Å². The molecule has 33 valence electrons. The van der Waals surface area contributed by atoms with Crippen LogP contribution in [0.4, 0.5) is 0 Å². The second kappa shape index (κ2) is 1.02. The van der Waals surface area contributed by atoms with Crippen molar-refractivity contribution in [2.24, 2.45) is 0 Å². The maximum atomic E-state index is 8.80. The van der Waals surface area contributed by atoms with Crippen LogP contribution in [0.25, 0.3) is 0 Å². The molecule has 0 aromatic heterocycles. The van der Waals surface area contributed by atoms with E-state index in [4.69, 9.17) is 16.0 Å². The van der Waals surface area contributed by atoms with Gasteiger partial charge in [0.1, 0.15) is 0 Å². The van der Waals surface area contributed by atoms with Crippen LogP contribution in [0.15, 0.2) is 0 Å². The molecule has 0 aliphatic heterocycles. The first-order valence-electron chi connectivity index (χ1n) is 0.647. The second-order valence-corrected chi connectivity index (χ2v) is 1.71. The summed E-state index contributed by atoms with van der Waals surface area (Å²) in [7, 11) is 0. The van der Waals surface area contributed by atoms with Gasteiger partial charge in [-0.15, -0.1) is 0 Å². The van der Waals surface area contributed by atoms with Crippen LogP contribution in [-0.2, 0) is 21.0 Å². The van der Waals surface area contributed by atoms with Crippen molar-refractivity contribution in [1.29, 1.82) is 0 Å². The molecule has 2 N–H and O–H groups in total. The van der Waals surface area contributed by atoms with E-state index in [2.05, 4.69) is 0 Å². The summed E-state index contributed by atoms with van der Waals surface area (Å²) in [6, 6.07) is 0. The molecule has 0 heterocycles. The van der Waals surface area contributed by atoms with Crippen molar-refractivity contribution in [2.45, 2.75) is 0 Å². The van der Waals surface area contributed by atoms with E-state index in [1.165, 1.54) is 0 Å². The predicted molar refractivity (Wildman–Crippen MR) is 5.81 cm³/mol. The summed E-state index contributed by atoms with van der Waals surface area (Å²) in [5.41, 5.74) is 0. The molecule has 0 aliphatic rings. The predicted octanol–water partition coefficient (Wildman–Crippen LogP) is -1.35. The van der Waals surface area contributed by atoms with Gasteiger partial charge in [-0.05, 0) is 0 Å². The van der Waals surface area contributed by atoms with Gasteiger partial charge in [-0.2, -0.15) is 0 Å². The fourth-order valence-corrected chi connectivity index (χ4v) is 0. The van der Waals surface area contributed by atoms with E-state index in [0.29, 0.717) is 0 Å². The normalized spacial score (nSPS) is 11.6. The van der Waals surface area contributed by atoms with Crippen LogP contribution in [0.5, 0.6) is 0 Å². The summed E-state index contributed by atoms with van der Waals surface area (Å²) >= 11 is -5.12. The van der Waals surface area contributed by atoms with Gasteiger partial charge >= 0.3 is 29.4 Å². The van der Waals surface area contributed by atoms with E-state index >= 15 is 0 Å². The monoisotopic (exact) mass is 121 g/mol. The molecular weight excluding hydrogens is 119 g/mol. The third-order valence-corrected chi connectivity index (χ3v) is 0.